The van der Waals surface area contributed by atoms with Crippen molar-refractivity contribution >= 4 is 11.9 Å². The molecule has 0 aromatic heterocycles. The first-order chi connectivity index (χ1) is 18.2. The van der Waals surface area contributed by atoms with E-state index in [1.165, 1.54) is 64.2 Å². The van der Waals surface area contributed by atoms with Crippen LogP contribution in [-0.2, 0) is 19.1 Å². The first kappa shape index (κ1) is 29.7. The Morgan fingerprint density at radius 3 is 2.29 bits per heavy atom. The van der Waals surface area contributed by atoms with Gasteiger partial charge in [0.05, 0.1) is 13.2 Å². The molecule has 4 fully saturated rings. The largest absolute Gasteiger partial charge is 0.466 e. The van der Waals surface area contributed by atoms with E-state index in [9.17, 15) is 9.59 Å². The van der Waals surface area contributed by atoms with E-state index >= 15 is 0 Å². The fourth-order valence-electron chi connectivity index (χ4n) is 9.92. The molecule has 8 atom stereocenters. The molecule has 216 valence electrons. The average molecular weight is 529 g/mol. The Bertz CT molecular complexity index is 834. The summed E-state index contributed by atoms with van der Waals surface area (Å²) in [7, 11) is 0. The van der Waals surface area contributed by atoms with Gasteiger partial charge in [-0.25, -0.2) is 4.79 Å². The molecule has 4 aliphatic carbocycles. The van der Waals surface area contributed by atoms with Crippen molar-refractivity contribution in [3.8, 4) is 0 Å². The van der Waals surface area contributed by atoms with Gasteiger partial charge in [0.2, 0.25) is 0 Å². The summed E-state index contributed by atoms with van der Waals surface area (Å²) in [4.78, 5) is 23.8. The molecule has 4 aliphatic rings. The topological polar surface area (TPSA) is 52.6 Å². The predicted octanol–water partition coefficient (Wildman–Crippen LogP) is 8.67. The molecular formula is C34H56O4. The monoisotopic (exact) mass is 528 g/mol. The van der Waals surface area contributed by atoms with Crippen LogP contribution in [0.3, 0.4) is 0 Å². The number of fused-ring (bicyclic) bond motifs is 5. The Hall–Kier alpha value is -1.32. The SMILES string of the molecule is C=C(C)C(=O)OCCCCCCOC(=O)CC[C@@H](C)[C@H]1CC[C@H]2[C@@H]3CC[C@@H]4CCCC[C@]4(C)[C@H]3CC[C@]12C. The number of ether oxygens (including phenoxy) is 2. The molecule has 4 heteroatoms. The summed E-state index contributed by atoms with van der Waals surface area (Å²) in [5.74, 6) is 4.83. The summed E-state index contributed by atoms with van der Waals surface area (Å²) >= 11 is 0. The maximum atomic E-state index is 12.5. The molecule has 0 radical (unpaired) electrons. The van der Waals surface area contributed by atoms with Crippen molar-refractivity contribution < 1.29 is 19.1 Å². The van der Waals surface area contributed by atoms with Gasteiger partial charge in [-0.2, -0.15) is 0 Å². The highest BCUT2D eigenvalue weighted by molar-refractivity contribution is 5.86. The summed E-state index contributed by atoms with van der Waals surface area (Å²) in [6, 6.07) is 0. The van der Waals surface area contributed by atoms with Crippen LogP contribution in [0.4, 0.5) is 0 Å². The molecule has 0 saturated heterocycles. The van der Waals surface area contributed by atoms with Crippen LogP contribution in [0.15, 0.2) is 12.2 Å². The van der Waals surface area contributed by atoms with Crippen molar-refractivity contribution in [3.63, 3.8) is 0 Å². The summed E-state index contributed by atoms with van der Waals surface area (Å²) in [5, 5.41) is 0. The number of carbonyl (C=O) groups excluding carboxylic acids is 2. The van der Waals surface area contributed by atoms with Gasteiger partial charge < -0.3 is 9.47 Å². The molecule has 0 amide bonds. The van der Waals surface area contributed by atoms with Gasteiger partial charge in [0.15, 0.2) is 0 Å². The molecule has 38 heavy (non-hydrogen) atoms. The first-order valence-electron chi connectivity index (χ1n) is 16.1. The van der Waals surface area contributed by atoms with Crippen molar-refractivity contribution in [2.75, 3.05) is 13.2 Å². The van der Waals surface area contributed by atoms with Crippen LogP contribution in [-0.4, -0.2) is 25.2 Å². The van der Waals surface area contributed by atoms with E-state index in [1.807, 2.05) is 0 Å². The van der Waals surface area contributed by atoms with Gasteiger partial charge in [-0.3, -0.25) is 4.79 Å². The van der Waals surface area contributed by atoms with Crippen LogP contribution in [0, 0.1) is 46.3 Å². The highest BCUT2D eigenvalue weighted by Gasteiger charge is 2.60. The zero-order valence-corrected chi connectivity index (χ0v) is 25.0. The van der Waals surface area contributed by atoms with Crippen LogP contribution >= 0.6 is 0 Å². The molecular weight excluding hydrogens is 472 g/mol. The van der Waals surface area contributed by atoms with Gasteiger partial charge in [-0.05, 0) is 137 Å². The third-order valence-electron chi connectivity index (χ3n) is 12.0. The summed E-state index contributed by atoms with van der Waals surface area (Å²) in [6.07, 6.45) is 19.7. The molecule has 0 aromatic carbocycles. The molecule has 4 saturated carbocycles. The van der Waals surface area contributed by atoms with Crippen molar-refractivity contribution in [1.82, 2.24) is 0 Å². The van der Waals surface area contributed by atoms with Crippen molar-refractivity contribution in [1.29, 1.82) is 0 Å². The Morgan fingerprint density at radius 2 is 1.55 bits per heavy atom. The summed E-state index contributed by atoms with van der Waals surface area (Å²) in [5.41, 5.74) is 1.53. The molecule has 0 spiro atoms. The molecule has 0 N–H and O–H groups in total. The first-order valence-corrected chi connectivity index (χ1v) is 16.1. The summed E-state index contributed by atoms with van der Waals surface area (Å²) < 4.78 is 10.7. The third kappa shape index (κ3) is 6.35. The molecule has 4 rings (SSSR count). The van der Waals surface area contributed by atoms with Crippen LogP contribution in [0.2, 0.25) is 0 Å². The molecule has 0 unspecified atom stereocenters. The second-order valence-electron chi connectivity index (χ2n) is 14.2. The van der Waals surface area contributed by atoms with Crippen molar-refractivity contribution in [2.45, 2.75) is 130 Å². The van der Waals surface area contributed by atoms with E-state index in [0.29, 0.717) is 42.0 Å². The minimum absolute atomic E-state index is 0.0285. The fourth-order valence-corrected chi connectivity index (χ4v) is 9.92. The van der Waals surface area contributed by atoms with Gasteiger partial charge >= 0.3 is 11.9 Å². The highest BCUT2D eigenvalue weighted by atomic mass is 16.5. The normalized spacial score (nSPS) is 36.9. The van der Waals surface area contributed by atoms with Gasteiger partial charge in [-0.1, -0.05) is 40.2 Å². The highest BCUT2D eigenvalue weighted by Crippen LogP contribution is 2.68. The third-order valence-corrected chi connectivity index (χ3v) is 12.0. The Kier molecular flexibility index (Phi) is 10.1. The molecule has 0 heterocycles. The molecule has 4 nitrogen and oxygen atoms in total. The maximum Gasteiger partial charge on any atom is 0.333 e. The number of carbonyl (C=O) groups is 2. The van der Waals surface area contributed by atoms with Crippen LogP contribution in [0.25, 0.3) is 0 Å². The number of rotatable bonds is 12. The second-order valence-corrected chi connectivity index (χ2v) is 14.2. The van der Waals surface area contributed by atoms with Gasteiger partial charge in [0, 0.05) is 12.0 Å². The van der Waals surface area contributed by atoms with E-state index in [1.54, 1.807) is 6.92 Å². The van der Waals surface area contributed by atoms with Crippen molar-refractivity contribution in [3.05, 3.63) is 12.2 Å². The Labute approximate surface area is 233 Å². The predicted molar refractivity (Wildman–Crippen MR) is 153 cm³/mol. The number of unbranched alkanes of at least 4 members (excludes halogenated alkanes) is 3. The molecule has 0 aromatic rings. The van der Waals surface area contributed by atoms with E-state index in [-0.39, 0.29) is 11.9 Å². The Morgan fingerprint density at radius 1 is 0.842 bits per heavy atom. The summed E-state index contributed by atoms with van der Waals surface area (Å²) in [6.45, 7) is 13.9. The van der Waals surface area contributed by atoms with Gasteiger partial charge in [-0.15, -0.1) is 0 Å². The van der Waals surface area contributed by atoms with E-state index in [4.69, 9.17) is 9.47 Å². The van der Waals surface area contributed by atoms with Crippen molar-refractivity contribution in [2.24, 2.45) is 46.3 Å². The fraction of sp³-hybridized carbons (Fsp3) is 0.882. The van der Waals surface area contributed by atoms with Gasteiger partial charge in [0.1, 0.15) is 0 Å². The minimum atomic E-state index is -0.316. The lowest BCUT2D eigenvalue weighted by atomic mass is 9.44. The van der Waals surface area contributed by atoms with E-state index in [0.717, 1.165) is 61.7 Å². The zero-order valence-electron chi connectivity index (χ0n) is 25.0. The number of hydrogen-bond acceptors (Lipinski definition) is 4. The zero-order chi connectivity index (χ0) is 27.3. The lowest BCUT2D eigenvalue weighted by Gasteiger charge is -2.61. The van der Waals surface area contributed by atoms with E-state index in [2.05, 4.69) is 27.4 Å². The quantitative estimate of drug-likeness (QED) is 0.144. The minimum Gasteiger partial charge on any atom is -0.466 e. The molecule has 0 aliphatic heterocycles. The lowest BCUT2D eigenvalue weighted by molar-refractivity contribution is -0.144. The van der Waals surface area contributed by atoms with Crippen LogP contribution in [0.5, 0.6) is 0 Å². The smallest absolute Gasteiger partial charge is 0.333 e. The number of esters is 2. The lowest BCUT2D eigenvalue weighted by Crippen LogP contribution is -2.53. The van der Waals surface area contributed by atoms with E-state index < -0.39 is 0 Å². The average Bonchev–Trinajstić information content (AvgIpc) is 3.25. The van der Waals surface area contributed by atoms with Gasteiger partial charge in [0.25, 0.3) is 0 Å². The van der Waals surface area contributed by atoms with Crippen LogP contribution < -0.4 is 0 Å². The van der Waals surface area contributed by atoms with Crippen LogP contribution in [0.1, 0.15) is 130 Å². The molecule has 0 bridgehead atoms. The number of hydrogen-bond donors (Lipinski definition) is 0. The second kappa shape index (κ2) is 12.9. The maximum absolute atomic E-state index is 12.5. The standard InChI is InChI=1S/C34H56O4/c1-24(2)32(36)38-23-11-7-6-10-22-37-31(35)18-13-25(3)28-16-17-29-27-15-14-26-12-8-9-20-33(26,4)30(27)19-21-34(28,29)5/h25-30H,1,6-23H2,2-5H3/t25-,26+,27+,28-,29+,30+,33+,34-/m1/s1. The Balaban J connectivity index is 1.15.